The fraction of sp³-hybridized carbons (Fsp3) is 0.857. The van der Waals surface area contributed by atoms with Gasteiger partial charge in [0.15, 0.2) is 0 Å². The summed E-state index contributed by atoms with van der Waals surface area (Å²) in [6.45, 7) is 2.24. The van der Waals surface area contributed by atoms with Gasteiger partial charge < -0.3 is 15.5 Å². The van der Waals surface area contributed by atoms with Gasteiger partial charge in [0.1, 0.15) is 6.04 Å². The van der Waals surface area contributed by atoms with E-state index in [0.717, 1.165) is 45.2 Å². The molecule has 0 aromatic heterocycles. The molecule has 1 unspecified atom stereocenters. The Labute approximate surface area is 141 Å². The molecule has 0 spiro atoms. The third-order valence-electron chi connectivity index (χ3n) is 5.04. The van der Waals surface area contributed by atoms with Gasteiger partial charge in [0, 0.05) is 12.6 Å². The molecule has 3 amide bonds. The average molecular weight is 360 g/mol. The molecular formula is C14H24N4O5S. The zero-order valence-corrected chi connectivity index (χ0v) is 14.3. The van der Waals surface area contributed by atoms with Crippen molar-refractivity contribution in [3.05, 3.63) is 0 Å². The van der Waals surface area contributed by atoms with Gasteiger partial charge in [-0.25, -0.2) is 9.10 Å². The number of nitrogens with one attached hydrogen (secondary N) is 2. The molecule has 3 aliphatic rings. The predicted octanol–water partition coefficient (Wildman–Crippen LogP) is -0.294. The smallest absolute Gasteiger partial charge is 0.335 e. The van der Waals surface area contributed by atoms with Gasteiger partial charge in [0.05, 0.1) is 6.04 Å². The normalized spacial score (nSPS) is 31.5. The van der Waals surface area contributed by atoms with Crippen LogP contribution in [0.15, 0.2) is 0 Å². The Hall–Kier alpha value is -1.39. The summed E-state index contributed by atoms with van der Waals surface area (Å²) in [6, 6.07) is -1.65. The molecule has 0 bridgehead atoms. The monoisotopic (exact) mass is 360 g/mol. The minimum atomic E-state index is -4.54. The first-order valence-corrected chi connectivity index (χ1v) is 9.88. The number of β-lactam (4-membered cyclic amide) rings is 1. The fourth-order valence-corrected chi connectivity index (χ4v) is 4.73. The van der Waals surface area contributed by atoms with Crippen LogP contribution in [0, 0.1) is 0 Å². The van der Waals surface area contributed by atoms with E-state index in [0.29, 0.717) is 17.3 Å². The van der Waals surface area contributed by atoms with Gasteiger partial charge in [0.2, 0.25) is 0 Å². The quantitative estimate of drug-likeness (QED) is 0.460. The lowest BCUT2D eigenvalue weighted by atomic mass is 10.0. The second-order valence-electron chi connectivity index (χ2n) is 6.64. The number of nitrogens with zero attached hydrogens (tertiary/aromatic N) is 2. The van der Waals surface area contributed by atoms with E-state index < -0.39 is 28.3 Å². The van der Waals surface area contributed by atoms with E-state index >= 15 is 0 Å². The molecule has 3 fully saturated rings. The van der Waals surface area contributed by atoms with Crippen molar-refractivity contribution in [1.82, 2.24) is 19.8 Å². The van der Waals surface area contributed by atoms with E-state index in [4.69, 9.17) is 4.55 Å². The molecule has 3 atom stereocenters. The second-order valence-corrected chi connectivity index (χ2v) is 7.93. The van der Waals surface area contributed by atoms with Crippen molar-refractivity contribution in [2.75, 3.05) is 19.6 Å². The lowest BCUT2D eigenvalue weighted by Crippen LogP contribution is -2.69. The Kier molecular flexibility index (Phi) is 4.97. The van der Waals surface area contributed by atoms with E-state index in [1.165, 1.54) is 4.90 Å². The zero-order valence-electron chi connectivity index (χ0n) is 13.5. The third kappa shape index (κ3) is 3.35. The largest absolute Gasteiger partial charge is 0.362 e. The van der Waals surface area contributed by atoms with Gasteiger partial charge in [-0.05, 0) is 45.2 Å². The van der Waals surface area contributed by atoms with Crippen molar-refractivity contribution >= 4 is 22.2 Å². The molecule has 24 heavy (non-hydrogen) atoms. The summed E-state index contributed by atoms with van der Waals surface area (Å²) in [5.41, 5.74) is 0. The number of amides is 3. The van der Waals surface area contributed by atoms with E-state index in [2.05, 4.69) is 10.6 Å². The number of fused-ring (bicyclic) bond motifs is 1. The number of hydrogen-bond acceptors (Lipinski definition) is 5. The molecule has 3 aliphatic heterocycles. The summed E-state index contributed by atoms with van der Waals surface area (Å²) in [5, 5.41) is 6.34. The first-order valence-electron chi connectivity index (χ1n) is 8.48. The minimum absolute atomic E-state index is 0.0734. The molecular weight excluding hydrogens is 336 g/mol. The average Bonchev–Trinajstić information content (AvgIpc) is 2.90. The van der Waals surface area contributed by atoms with Crippen LogP contribution < -0.4 is 10.6 Å². The highest BCUT2D eigenvalue weighted by molar-refractivity contribution is 7.84. The molecule has 0 radical (unpaired) electrons. The highest BCUT2D eigenvalue weighted by atomic mass is 32.2. The summed E-state index contributed by atoms with van der Waals surface area (Å²) in [7, 11) is -4.54. The summed E-state index contributed by atoms with van der Waals surface area (Å²) in [4.78, 5) is 25.9. The van der Waals surface area contributed by atoms with Gasteiger partial charge in [-0.3, -0.25) is 9.35 Å². The molecule has 9 nitrogen and oxygen atoms in total. The maximum Gasteiger partial charge on any atom is 0.362 e. The van der Waals surface area contributed by atoms with Crippen molar-refractivity contribution < 1.29 is 22.6 Å². The first-order chi connectivity index (χ1) is 11.4. The number of hydrogen-bond donors (Lipinski definition) is 3. The molecule has 10 heteroatoms. The van der Waals surface area contributed by atoms with Gasteiger partial charge in [-0.1, -0.05) is 6.42 Å². The van der Waals surface area contributed by atoms with Crippen LogP contribution in [-0.2, 0) is 15.1 Å². The zero-order chi connectivity index (χ0) is 17.3. The first kappa shape index (κ1) is 17.4. The number of carbonyl (C=O) groups excluding carboxylic acids is 2. The molecule has 0 aromatic rings. The van der Waals surface area contributed by atoms with E-state index in [1.807, 2.05) is 0 Å². The molecule has 0 aromatic carbocycles. The number of rotatable bonds is 2. The van der Waals surface area contributed by atoms with E-state index in [9.17, 15) is 18.0 Å². The van der Waals surface area contributed by atoms with Gasteiger partial charge in [-0.2, -0.15) is 8.42 Å². The number of urea groups is 1. The molecule has 3 heterocycles. The number of likely N-dealkylation sites (tertiary alicyclic amines) is 1. The van der Waals surface area contributed by atoms with E-state index in [1.54, 1.807) is 0 Å². The standard InChI is InChI=1S/C14H24N4O5S/c19-13-12-11(18(13)24(21,22)23)6-9-17(12)14(20)16-10-4-1-2-7-15-8-3-5-10/h10-12,15H,1-9H2,(H,16,20)(H,21,22,23)/t10?,11-,12+/m1/s1. The molecule has 0 saturated carbocycles. The maximum atomic E-state index is 12.5. The second kappa shape index (κ2) is 6.85. The molecule has 136 valence electrons. The van der Waals surface area contributed by atoms with Crippen molar-refractivity contribution in [2.24, 2.45) is 0 Å². The Morgan fingerprint density at radius 3 is 2.62 bits per heavy atom. The Morgan fingerprint density at radius 1 is 1.17 bits per heavy atom. The van der Waals surface area contributed by atoms with Crippen LogP contribution in [0.2, 0.25) is 0 Å². The summed E-state index contributed by atoms with van der Waals surface area (Å²) < 4.78 is 32.0. The van der Waals surface area contributed by atoms with Gasteiger partial charge in [-0.15, -0.1) is 0 Å². The van der Waals surface area contributed by atoms with Crippen LogP contribution in [0.1, 0.15) is 38.5 Å². The van der Waals surface area contributed by atoms with Crippen molar-refractivity contribution in [3.63, 3.8) is 0 Å². The Bertz CT molecular complexity index is 600. The highest BCUT2D eigenvalue weighted by Crippen LogP contribution is 2.35. The molecule has 3 rings (SSSR count). The SMILES string of the molecule is O=C(NC1CCCCNCCC1)N1CC[C@@H]2[C@H]1C(=O)N2S(=O)(=O)O. The van der Waals surface area contributed by atoms with Crippen LogP contribution in [0.3, 0.4) is 0 Å². The van der Waals surface area contributed by atoms with Crippen LogP contribution in [-0.4, -0.2) is 71.9 Å². The third-order valence-corrected chi connectivity index (χ3v) is 5.98. The van der Waals surface area contributed by atoms with E-state index in [-0.39, 0.29) is 12.1 Å². The predicted molar refractivity (Wildman–Crippen MR) is 85.6 cm³/mol. The minimum Gasteiger partial charge on any atom is -0.335 e. The van der Waals surface area contributed by atoms with Gasteiger partial charge >= 0.3 is 16.3 Å². The summed E-state index contributed by atoms with van der Waals surface area (Å²) in [5.74, 6) is -0.728. The lowest BCUT2D eigenvalue weighted by Gasteiger charge is -2.42. The van der Waals surface area contributed by atoms with Crippen molar-refractivity contribution in [1.29, 1.82) is 0 Å². The van der Waals surface area contributed by atoms with Crippen LogP contribution in [0.25, 0.3) is 0 Å². The Morgan fingerprint density at radius 2 is 1.88 bits per heavy atom. The fourth-order valence-electron chi connectivity index (χ4n) is 3.83. The lowest BCUT2D eigenvalue weighted by molar-refractivity contribution is -0.143. The van der Waals surface area contributed by atoms with Crippen molar-refractivity contribution in [3.8, 4) is 0 Å². The van der Waals surface area contributed by atoms with Crippen LogP contribution >= 0.6 is 0 Å². The van der Waals surface area contributed by atoms with Crippen LogP contribution in [0.5, 0.6) is 0 Å². The topological polar surface area (TPSA) is 119 Å². The maximum absolute atomic E-state index is 12.5. The molecule has 3 N–H and O–H groups in total. The molecule has 0 aliphatic carbocycles. The summed E-state index contributed by atoms with van der Waals surface area (Å²) >= 11 is 0. The summed E-state index contributed by atoms with van der Waals surface area (Å²) in [6.07, 6.45) is 5.22. The van der Waals surface area contributed by atoms with Crippen molar-refractivity contribution in [2.45, 2.75) is 56.7 Å². The van der Waals surface area contributed by atoms with Crippen LogP contribution in [0.4, 0.5) is 4.79 Å². The molecule has 3 saturated heterocycles. The highest BCUT2D eigenvalue weighted by Gasteiger charge is 2.60. The van der Waals surface area contributed by atoms with Gasteiger partial charge in [0.25, 0.3) is 5.91 Å². The Balaban J connectivity index is 1.59. The number of carbonyl (C=O) groups is 2.